The van der Waals surface area contributed by atoms with Crippen LogP contribution in [0.25, 0.3) is 0 Å². The van der Waals surface area contributed by atoms with Gasteiger partial charge in [-0.25, -0.2) is 19.0 Å². The molecule has 31 heavy (non-hydrogen) atoms. The van der Waals surface area contributed by atoms with Gasteiger partial charge in [-0.05, 0) is 24.3 Å². The van der Waals surface area contributed by atoms with Crippen LogP contribution in [-0.2, 0) is 19.3 Å². The number of carbonyl (C=O) groups is 2. The van der Waals surface area contributed by atoms with E-state index in [4.69, 9.17) is 0 Å². The summed E-state index contributed by atoms with van der Waals surface area (Å²) < 4.78 is 14.2. The third-order valence-corrected chi connectivity index (χ3v) is 3.74. The number of oxime groups is 2. The van der Waals surface area contributed by atoms with Crippen LogP contribution in [0.4, 0.5) is 16.2 Å². The van der Waals surface area contributed by atoms with Gasteiger partial charge in [0.2, 0.25) is 5.95 Å². The van der Waals surface area contributed by atoms with Crippen molar-refractivity contribution in [2.45, 2.75) is 26.7 Å². The van der Waals surface area contributed by atoms with Crippen LogP contribution in [0.5, 0.6) is 0 Å². The van der Waals surface area contributed by atoms with Crippen LogP contribution >= 0.6 is 0 Å². The molecule has 0 saturated carbocycles. The Morgan fingerprint density at radius 1 is 0.968 bits per heavy atom. The second kappa shape index (κ2) is 10.1. The molecule has 0 fully saturated rings. The highest BCUT2D eigenvalue weighted by molar-refractivity contribution is 5.99. The Bertz CT molecular complexity index is 1070. The van der Waals surface area contributed by atoms with Gasteiger partial charge in [-0.1, -0.05) is 22.5 Å². The minimum atomic E-state index is -0.658. The first-order valence-electron chi connectivity index (χ1n) is 9.21. The summed E-state index contributed by atoms with van der Waals surface area (Å²) in [5.41, 5.74) is 2.11. The molecule has 0 aromatic carbocycles. The third kappa shape index (κ3) is 6.70. The molecule has 0 atom stereocenters. The fourth-order valence-corrected chi connectivity index (χ4v) is 2.50. The zero-order chi connectivity index (χ0) is 22.2. The molecule has 1 aromatic rings. The number of nitrogens with zero attached hydrogens (tertiary/aromatic N) is 4. The average molecular weight is 426 g/mol. The van der Waals surface area contributed by atoms with Crippen molar-refractivity contribution in [1.82, 2.24) is 9.97 Å². The smallest absolute Gasteiger partial charge is 0.331 e. The Kier molecular flexibility index (Phi) is 6.99. The van der Waals surface area contributed by atoms with E-state index in [9.17, 15) is 14.0 Å². The number of nitrogens with one attached hydrogen (secondary N) is 2. The molecule has 0 amide bonds. The highest BCUT2D eigenvalue weighted by atomic mass is 19.1. The van der Waals surface area contributed by atoms with Gasteiger partial charge in [-0.15, -0.1) is 0 Å². The highest BCUT2D eigenvalue weighted by Crippen LogP contribution is 2.19. The number of aromatic nitrogens is 2. The number of anilines is 2. The predicted molar refractivity (Wildman–Crippen MR) is 111 cm³/mol. The van der Waals surface area contributed by atoms with E-state index in [-0.39, 0.29) is 11.8 Å². The first-order chi connectivity index (χ1) is 14.9. The number of carbonyl (C=O) groups excluding carboxylic acids is 2. The molecule has 0 unspecified atom stereocenters. The first-order valence-corrected chi connectivity index (χ1v) is 9.21. The van der Waals surface area contributed by atoms with Crippen molar-refractivity contribution >= 4 is 35.1 Å². The van der Waals surface area contributed by atoms with Gasteiger partial charge in [-0.3, -0.25) is 0 Å². The summed E-state index contributed by atoms with van der Waals surface area (Å²) in [7, 11) is 0. The van der Waals surface area contributed by atoms with E-state index in [1.165, 1.54) is 13.8 Å². The second-order valence-corrected chi connectivity index (χ2v) is 6.38. The largest absolute Gasteiger partial charge is 0.338 e. The lowest BCUT2D eigenvalue weighted by Gasteiger charge is -2.13. The predicted octanol–water partition coefficient (Wildman–Crippen LogP) is 2.97. The second-order valence-electron chi connectivity index (χ2n) is 6.38. The van der Waals surface area contributed by atoms with E-state index in [2.05, 4.69) is 40.6 Å². The molecule has 10 nitrogen and oxygen atoms in total. The number of halogens is 1. The van der Waals surface area contributed by atoms with Crippen LogP contribution in [0.15, 0.2) is 64.4 Å². The lowest BCUT2D eigenvalue weighted by Crippen LogP contribution is -2.12. The summed E-state index contributed by atoms with van der Waals surface area (Å²) in [4.78, 5) is 39.1. The van der Waals surface area contributed by atoms with E-state index >= 15 is 0 Å². The minimum Gasteiger partial charge on any atom is -0.338 e. The van der Waals surface area contributed by atoms with Gasteiger partial charge in [0.1, 0.15) is 0 Å². The molecule has 0 aliphatic heterocycles. The number of hydrogen-bond acceptors (Lipinski definition) is 10. The Balaban J connectivity index is 1.73. The van der Waals surface area contributed by atoms with Crippen molar-refractivity contribution in [3.05, 3.63) is 59.9 Å². The normalized spacial score (nSPS) is 17.8. The maximum absolute atomic E-state index is 14.2. The topological polar surface area (TPSA) is 127 Å². The Morgan fingerprint density at radius 3 is 2.06 bits per heavy atom. The fraction of sp³-hybridized carbons (Fsp3) is 0.200. The molecule has 0 spiro atoms. The summed E-state index contributed by atoms with van der Waals surface area (Å²) in [5.74, 6) is -1.63. The molecule has 0 bridgehead atoms. The summed E-state index contributed by atoms with van der Waals surface area (Å²) in [6.07, 6.45) is 12.4. The van der Waals surface area contributed by atoms with Crippen LogP contribution in [-0.4, -0.2) is 33.3 Å². The summed E-state index contributed by atoms with van der Waals surface area (Å²) in [6, 6.07) is 0. The van der Waals surface area contributed by atoms with E-state index in [1.54, 1.807) is 30.4 Å². The lowest BCUT2D eigenvalue weighted by atomic mass is 10.1. The maximum Gasteiger partial charge on any atom is 0.331 e. The molecule has 11 heteroatoms. The summed E-state index contributed by atoms with van der Waals surface area (Å²) >= 11 is 0. The van der Waals surface area contributed by atoms with Crippen molar-refractivity contribution in [1.29, 1.82) is 0 Å². The molecule has 2 N–H and O–H groups in total. The number of rotatable bonds is 6. The molecule has 1 aromatic heterocycles. The SMILES string of the molecule is CC(=O)ON=C1C=C(Nc2ncc(F)c(NC3=CC(=NOC(C)=O)CC=C3)n2)C=CC1. The van der Waals surface area contributed by atoms with Gasteiger partial charge >= 0.3 is 11.9 Å². The van der Waals surface area contributed by atoms with Gasteiger partial charge < -0.3 is 20.3 Å². The first kappa shape index (κ1) is 21.6. The molecule has 160 valence electrons. The van der Waals surface area contributed by atoms with E-state index in [0.29, 0.717) is 35.7 Å². The molecule has 1 heterocycles. The van der Waals surface area contributed by atoms with Gasteiger partial charge in [-0.2, -0.15) is 4.98 Å². The van der Waals surface area contributed by atoms with Gasteiger partial charge in [0, 0.05) is 38.1 Å². The van der Waals surface area contributed by atoms with Gasteiger partial charge in [0.25, 0.3) is 0 Å². The number of allylic oxidation sites excluding steroid dienone is 6. The molecule has 3 rings (SSSR count). The van der Waals surface area contributed by atoms with Crippen LogP contribution in [0.3, 0.4) is 0 Å². The standard InChI is InChI=1S/C20H19FN6O4/c1-12(28)30-26-16-7-3-5-14(9-16)23-19-18(21)11-22-20(25-19)24-15-6-4-8-17(10-15)27-31-13(2)29/h3-6,9-11H,7-8H2,1-2H3,(H2,22,23,24,25). The summed E-state index contributed by atoms with van der Waals surface area (Å²) in [5, 5.41) is 13.3. The zero-order valence-corrected chi connectivity index (χ0v) is 16.8. The molecular formula is C20H19FN6O4. The van der Waals surface area contributed by atoms with E-state index in [0.717, 1.165) is 6.20 Å². The molecule has 0 radical (unpaired) electrons. The van der Waals surface area contributed by atoms with Crippen molar-refractivity contribution in [2.75, 3.05) is 10.6 Å². The van der Waals surface area contributed by atoms with E-state index in [1.807, 2.05) is 6.08 Å². The van der Waals surface area contributed by atoms with Crippen molar-refractivity contribution in [3.63, 3.8) is 0 Å². The Hall–Kier alpha value is -4.15. The van der Waals surface area contributed by atoms with Crippen molar-refractivity contribution in [2.24, 2.45) is 10.3 Å². The quantitative estimate of drug-likeness (QED) is 0.525. The third-order valence-electron chi connectivity index (χ3n) is 3.74. The monoisotopic (exact) mass is 426 g/mol. The minimum absolute atomic E-state index is 0.0590. The molecule has 2 aliphatic rings. The van der Waals surface area contributed by atoms with Crippen LogP contribution in [0, 0.1) is 5.82 Å². The van der Waals surface area contributed by atoms with Crippen LogP contribution in [0.1, 0.15) is 26.7 Å². The van der Waals surface area contributed by atoms with Gasteiger partial charge in [0.15, 0.2) is 11.6 Å². The van der Waals surface area contributed by atoms with Crippen molar-refractivity contribution in [3.8, 4) is 0 Å². The van der Waals surface area contributed by atoms with Crippen molar-refractivity contribution < 1.29 is 23.7 Å². The number of hydrogen-bond donors (Lipinski definition) is 2. The molecule has 2 aliphatic carbocycles. The highest BCUT2D eigenvalue weighted by Gasteiger charge is 2.12. The average Bonchev–Trinajstić information content (AvgIpc) is 2.74. The molecular weight excluding hydrogens is 407 g/mol. The van der Waals surface area contributed by atoms with Crippen LogP contribution < -0.4 is 10.6 Å². The van der Waals surface area contributed by atoms with Crippen LogP contribution in [0.2, 0.25) is 0 Å². The molecule has 0 saturated heterocycles. The zero-order valence-electron chi connectivity index (χ0n) is 16.8. The summed E-state index contributed by atoms with van der Waals surface area (Å²) in [6.45, 7) is 2.51. The lowest BCUT2D eigenvalue weighted by molar-refractivity contribution is -0.141. The van der Waals surface area contributed by atoms with Gasteiger partial charge in [0.05, 0.1) is 17.6 Å². The fourth-order valence-electron chi connectivity index (χ4n) is 2.50. The maximum atomic E-state index is 14.2. The Morgan fingerprint density at radius 2 is 1.52 bits per heavy atom. The van der Waals surface area contributed by atoms with E-state index < -0.39 is 17.8 Å². The Labute approximate surface area is 176 Å².